The van der Waals surface area contributed by atoms with Crippen LogP contribution in [-0.2, 0) is 40.5 Å². The first-order valence-electron chi connectivity index (χ1n) is 20.2. The molecular weight excluding hydrogens is 835 g/mol. The Morgan fingerprint density at radius 1 is 0.967 bits per heavy atom. The molecule has 2 aliphatic heterocycles. The van der Waals surface area contributed by atoms with E-state index in [9.17, 15) is 31.6 Å². The van der Waals surface area contributed by atoms with Crippen molar-refractivity contribution >= 4 is 38.6 Å². The molecule has 0 unspecified atom stereocenters. The molecule has 0 spiro atoms. The maximum Gasteiger partial charge on any atom is 0.438 e. The first-order valence-corrected chi connectivity index (χ1v) is 22.2. The van der Waals surface area contributed by atoms with Gasteiger partial charge in [-0.1, -0.05) is 41.9 Å². The van der Waals surface area contributed by atoms with E-state index in [0.717, 1.165) is 42.6 Å². The number of halogens is 4. The van der Waals surface area contributed by atoms with Gasteiger partial charge in [0.05, 0.1) is 34.4 Å². The number of fused-ring (bicyclic) bond motifs is 2. The van der Waals surface area contributed by atoms with Crippen LogP contribution in [0.1, 0.15) is 78.3 Å². The van der Waals surface area contributed by atoms with Gasteiger partial charge in [0, 0.05) is 25.2 Å². The van der Waals surface area contributed by atoms with Crippen LogP contribution in [0.3, 0.4) is 0 Å². The summed E-state index contributed by atoms with van der Waals surface area (Å²) < 4.78 is 87.9. The zero-order chi connectivity index (χ0) is 42.6. The number of nitrogens with one attached hydrogen (secondary N) is 1. The average molecular weight is 876 g/mol. The lowest BCUT2D eigenvalue weighted by molar-refractivity contribution is -0.143. The topological polar surface area (TPSA) is 164 Å². The number of nitrogens with zero attached hydrogens (tertiary/aromatic N) is 6. The molecule has 13 nitrogen and oxygen atoms in total. The third kappa shape index (κ3) is 8.26. The van der Waals surface area contributed by atoms with E-state index in [-0.39, 0.29) is 35.2 Å². The van der Waals surface area contributed by atoms with Gasteiger partial charge in [-0.05, 0) is 105 Å². The minimum Gasteiger partial charge on any atom is -0.480 e. The lowest BCUT2D eigenvalue weighted by Crippen LogP contribution is -2.38. The van der Waals surface area contributed by atoms with E-state index < -0.39 is 51.0 Å². The third-order valence-corrected chi connectivity index (χ3v) is 14.1. The Labute approximate surface area is 354 Å². The predicted molar refractivity (Wildman–Crippen MR) is 218 cm³/mol. The molecule has 2 atom stereocenters. The second-order valence-electron chi connectivity index (χ2n) is 16.1. The number of carbonyl (C=O) groups excluding carboxylic acids is 1. The summed E-state index contributed by atoms with van der Waals surface area (Å²) in [6, 6.07) is 16.7. The van der Waals surface area contributed by atoms with E-state index in [1.165, 1.54) is 7.11 Å². The molecule has 9 rings (SSSR count). The van der Waals surface area contributed by atoms with Gasteiger partial charge in [0.25, 0.3) is 0 Å². The third-order valence-electron chi connectivity index (χ3n) is 11.8. The summed E-state index contributed by atoms with van der Waals surface area (Å²) in [5, 5.41) is 9.95. The molecule has 1 amide bonds. The lowest BCUT2D eigenvalue weighted by atomic mass is 9.95. The van der Waals surface area contributed by atoms with Gasteiger partial charge >= 0.3 is 6.18 Å². The minimum absolute atomic E-state index is 0.00575. The van der Waals surface area contributed by atoms with Gasteiger partial charge in [-0.25, -0.2) is 18.4 Å². The maximum absolute atomic E-state index is 14.5. The Hall–Kier alpha value is -5.28. The summed E-state index contributed by atoms with van der Waals surface area (Å²) in [7, 11) is -2.28. The monoisotopic (exact) mass is 875 g/mol. The van der Waals surface area contributed by atoms with Gasteiger partial charge < -0.3 is 13.9 Å². The summed E-state index contributed by atoms with van der Waals surface area (Å²) >= 11 is 7.14. The maximum atomic E-state index is 14.5. The Morgan fingerprint density at radius 2 is 1.72 bits per heavy atom. The van der Waals surface area contributed by atoms with Crippen molar-refractivity contribution in [2.45, 2.75) is 75.6 Å². The fourth-order valence-electron chi connectivity index (χ4n) is 8.67. The lowest BCUT2D eigenvalue weighted by Gasteiger charge is -2.21. The quantitative estimate of drug-likeness (QED) is 0.131. The van der Waals surface area contributed by atoms with Gasteiger partial charge in [0.2, 0.25) is 39.3 Å². The van der Waals surface area contributed by atoms with E-state index in [4.69, 9.17) is 30.5 Å². The van der Waals surface area contributed by atoms with Crippen LogP contribution in [0.2, 0.25) is 5.02 Å². The van der Waals surface area contributed by atoms with Crippen molar-refractivity contribution in [3.63, 3.8) is 0 Å². The zero-order valence-corrected chi connectivity index (χ0v) is 34.7. The Bertz CT molecular complexity index is 2700. The van der Waals surface area contributed by atoms with Crippen molar-refractivity contribution in [2.24, 2.45) is 5.92 Å². The van der Waals surface area contributed by atoms with Crippen molar-refractivity contribution in [3.8, 4) is 40.4 Å². The smallest absolute Gasteiger partial charge is 0.438 e. The molecule has 1 saturated carbocycles. The summed E-state index contributed by atoms with van der Waals surface area (Å²) in [4.78, 5) is 29.8. The second kappa shape index (κ2) is 16.2. The Morgan fingerprint density at radius 3 is 2.46 bits per heavy atom. The van der Waals surface area contributed by atoms with Crippen molar-refractivity contribution in [2.75, 3.05) is 33.3 Å². The van der Waals surface area contributed by atoms with Crippen LogP contribution < -0.4 is 14.2 Å². The molecule has 4 heterocycles. The summed E-state index contributed by atoms with van der Waals surface area (Å²) in [5.74, 6) is -1.40. The highest BCUT2D eigenvalue weighted by molar-refractivity contribution is 7.90. The molecule has 2 aliphatic carbocycles. The number of oxazole rings is 1. The summed E-state index contributed by atoms with van der Waals surface area (Å²) in [6.07, 6.45) is -1.10. The normalized spacial score (nSPS) is 19.6. The van der Waals surface area contributed by atoms with E-state index in [0.29, 0.717) is 79.0 Å². The zero-order valence-electron chi connectivity index (χ0n) is 33.1. The number of sulfonamides is 1. The number of carbonyl (C=O) groups is 1. The highest BCUT2D eigenvalue weighted by Gasteiger charge is 2.42. The van der Waals surface area contributed by atoms with Crippen molar-refractivity contribution in [3.05, 3.63) is 87.2 Å². The molecule has 3 aromatic carbocycles. The van der Waals surface area contributed by atoms with Crippen LogP contribution in [0.25, 0.3) is 33.7 Å². The molecule has 3 fully saturated rings. The van der Waals surface area contributed by atoms with Crippen LogP contribution in [0.15, 0.2) is 52.9 Å². The first kappa shape index (κ1) is 41.1. The highest BCUT2D eigenvalue weighted by atomic mass is 35.5. The minimum atomic E-state index is -4.81. The SMILES string of the molecule is COc1nc(O[C@@H]2CCc3c(-c4cccc(-c5nc6cc(CN7CC[C@@H](C(=O)NS(=O)(=O)C8CC8)C7)cc(C#N)c6o5)c4Cl)cccc32)c(C(F)(F)F)nc1CN1CCCC1. The van der Waals surface area contributed by atoms with Crippen LogP contribution in [0.5, 0.6) is 11.8 Å². The van der Waals surface area contributed by atoms with Gasteiger partial charge in [-0.3, -0.25) is 19.3 Å². The Kier molecular flexibility index (Phi) is 10.9. The summed E-state index contributed by atoms with van der Waals surface area (Å²) in [5.41, 5.74) is 4.16. The first-order chi connectivity index (χ1) is 29.3. The second-order valence-corrected chi connectivity index (χ2v) is 18.4. The number of rotatable bonds is 12. The molecule has 18 heteroatoms. The average Bonchev–Trinajstić information content (AvgIpc) is 3.55. The van der Waals surface area contributed by atoms with Crippen molar-refractivity contribution in [1.29, 1.82) is 5.26 Å². The number of aromatic nitrogens is 3. The van der Waals surface area contributed by atoms with E-state index in [1.807, 2.05) is 34.1 Å². The summed E-state index contributed by atoms with van der Waals surface area (Å²) in [6.45, 7) is 3.08. The molecule has 0 bridgehead atoms. The number of hydrogen-bond acceptors (Lipinski definition) is 12. The highest BCUT2D eigenvalue weighted by Crippen LogP contribution is 2.46. The van der Waals surface area contributed by atoms with Crippen LogP contribution in [0, 0.1) is 17.2 Å². The molecule has 1 N–H and O–H groups in total. The standard InChI is InChI=1S/C43H41ClF3N7O6S/c1-58-41-34(23-53-15-2-3-16-53)49-38(43(45,46)47)42(51-41)59-35-13-12-29-28(6-4-7-30(29)35)31-8-5-9-32(36(31)44)40-50-33-19-24(18-26(20-48)37(33)60-40)21-54-17-14-25(22-54)39(55)52-61(56,57)27-10-11-27/h4-9,18-19,25,27,35H,2-3,10-17,21-23H2,1H3,(H,52,55)/t25-,35-/m1/s1. The van der Waals surface area contributed by atoms with Crippen molar-refractivity contribution in [1.82, 2.24) is 29.5 Å². The van der Waals surface area contributed by atoms with Gasteiger partial charge in [0.15, 0.2) is 5.58 Å². The molecular formula is C43H41ClF3N7O6S. The van der Waals surface area contributed by atoms with Crippen molar-refractivity contribution < 1.29 is 40.3 Å². The molecule has 5 aromatic rings. The number of amides is 1. The van der Waals surface area contributed by atoms with Crippen LogP contribution in [-0.4, -0.2) is 77.6 Å². The number of nitriles is 1. The number of methoxy groups -OCH3 is 1. The van der Waals surface area contributed by atoms with Crippen LogP contribution in [0.4, 0.5) is 13.2 Å². The fraction of sp³-hybridized carbons (Fsp3) is 0.419. The molecule has 318 valence electrons. The number of benzene rings is 3. The molecule has 2 saturated heterocycles. The van der Waals surface area contributed by atoms with Gasteiger partial charge in [0.1, 0.15) is 23.4 Å². The Balaban J connectivity index is 0.957. The van der Waals surface area contributed by atoms with Gasteiger partial charge in [-0.15, -0.1) is 0 Å². The number of likely N-dealkylation sites (tertiary alicyclic amines) is 2. The van der Waals surface area contributed by atoms with E-state index in [2.05, 4.69) is 20.8 Å². The number of hydrogen-bond donors (Lipinski definition) is 1. The molecule has 0 radical (unpaired) electrons. The van der Waals surface area contributed by atoms with Gasteiger partial charge in [-0.2, -0.15) is 23.4 Å². The van der Waals surface area contributed by atoms with E-state index in [1.54, 1.807) is 24.3 Å². The molecule has 4 aliphatic rings. The number of alkyl halides is 3. The largest absolute Gasteiger partial charge is 0.480 e. The molecule has 61 heavy (non-hydrogen) atoms. The van der Waals surface area contributed by atoms with E-state index >= 15 is 0 Å². The molecule has 2 aromatic heterocycles. The van der Waals surface area contributed by atoms with Crippen LogP contribution >= 0.6 is 11.6 Å². The predicted octanol–water partition coefficient (Wildman–Crippen LogP) is 7.60. The number of ether oxygens (including phenoxy) is 2. The fourth-order valence-corrected chi connectivity index (χ4v) is 10.4.